The van der Waals surface area contributed by atoms with Crippen molar-refractivity contribution in [1.29, 1.82) is 5.26 Å². The van der Waals surface area contributed by atoms with E-state index in [0.717, 1.165) is 11.2 Å². The highest BCUT2D eigenvalue weighted by Gasteiger charge is 2.06. The van der Waals surface area contributed by atoms with Gasteiger partial charge in [-0.05, 0) is 17.7 Å². The van der Waals surface area contributed by atoms with Gasteiger partial charge in [0.15, 0.2) is 11.5 Å². The first-order valence-electron chi connectivity index (χ1n) is 6.08. The van der Waals surface area contributed by atoms with E-state index < -0.39 is 0 Å². The third-order valence-corrected chi connectivity index (χ3v) is 2.91. The maximum Gasteiger partial charge on any atom is 0.180 e. The van der Waals surface area contributed by atoms with E-state index in [1.54, 1.807) is 18.5 Å². The average Bonchev–Trinajstić information content (AvgIpc) is 2.93. The van der Waals surface area contributed by atoms with E-state index in [4.69, 9.17) is 11.0 Å². The van der Waals surface area contributed by atoms with Crippen LogP contribution in [0.25, 0.3) is 5.65 Å². The number of nitrogens with two attached hydrogens (primary N) is 1. The molecule has 1 aromatic carbocycles. The van der Waals surface area contributed by atoms with Crippen LogP contribution in [0.15, 0.2) is 42.9 Å². The molecule has 20 heavy (non-hydrogen) atoms. The molecule has 0 amide bonds. The quantitative estimate of drug-likeness (QED) is 0.752. The van der Waals surface area contributed by atoms with E-state index in [0.29, 0.717) is 23.7 Å². The fourth-order valence-electron chi connectivity index (χ4n) is 2.01. The van der Waals surface area contributed by atoms with Crippen molar-refractivity contribution in [1.82, 2.24) is 14.4 Å². The van der Waals surface area contributed by atoms with Crippen molar-refractivity contribution in [3.63, 3.8) is 0 Å². The number of nitriles is 1. The van der Waals surface area contributed by atoms with Gasteiger partial charge < -0.3 is 15.5 Å². The van der Waals surface area contributed by atoms with Crippen molar-refractivity contribution in [2.75, 3.05) is 11.1 Å². The average molecular weight is 264 g/mol. The molecule has 0 unspecified atom stereocenters. The summed E-state index contributed by atoms with van der Waals surface area (Å²) < 4.78 is 1.82. The summed E-state index contributed by atoms with van der Waals surface area (Å²) >= 11 is 0. The lowest BCUT2D eigenvalue weighted by atomic mass is 10.1. The first-order chi connectivity index (χ1) is 9.76. The summed E-state index contributed by atoms with van der Waals surface area (Å²) in [5.41, 5.74) is 8.11. The summed E-state index contributed by atoms with van der Waals surface area (Å²) in [6.45, 7) is 0.550. The van der Waals surface area contributed by atoms with Crippen LogP contribution in [-0.4, -0.2) is 14.4 Å². The van der Waals surface area contributed by atoms with Gasteiger partial charge in [-0.25, -0.2) is 9.97 Å². The van der Waals surface area contributed by atoms with Crippen LogP contribution >= 0.6 is 0 Å². The number of benzene rings is 1. The lowest BCUT2D eigenvalue weighted by Crippen LogP contribution is -2.06. The topological polar surface area (TPSA) is 92.0 Å². The van der Waals surface area contributed by atoms with Crippen LogP contribution in [0, 0.1) is 11.3 Å². The zero-order valence-electron chi connectivity index (χ0n) is 10.6. The Bertz CT molecular complexity index is 799. The largest absolute Gasteiger partial charge is 0.382 e. The molecule has 98 valence electrons. The first kappa shape index (κ1) is 12.0. The van der Waals surface area contributed by atoms with Crippen molar-refractivity contribution in [2.24, 2.45) is 0 Å². The summed E-state index contributed by atoms with van der Waals surface area (Å²) in [5, 5.41) is 12.1. The number of anilines is 2. The van der Waals surface area contributed by atoms with Gasteiger partial charge in [-0.15, -0.1) is 0 Å². The van der Waals surface area contributed by atoms with Gasteiger partial charge in [0, 0.05) is 18.9 Å². The van der Waals surface area contributed by atoms with E-state index in [2.05, 4.69) is 21.4 Å². The Morgan fingerprint density at radius 1 is 1.40 bits per heavy atom. The summed E-state index contributed by atoms with van der Waals surface area (Å²) in [7, 11) is 0. The van der Waals surface area contributed by atoms with Gasteiger partial charge >= 0.3 is 0 Å². The van der Waals surface area contributed by atoms with Crippen molar-refractivity contribution < 1.29 is 0 Å². The predicted octanol–water partition coefficient (Wildman–Crippen LogP) is 1.80. The minimum Gasteiger partial charge on any atom is -0.382 e. The van der Waals surface area contributed by atoms with Gasteiger partial charge in [-0.3, -0.25) is 0 Å². The molecule has 0 atom stereocenters. The first-order valence-corrected chi connectivity index (χ1v) is 6.08. The number of nitrogens with one attached hydrogen (secondary N) is 1. The number of imidazole rings is 1. The maximum absolute atomic E-state index is 8.88. The van der Waals surface area contributed by atoms with Gasteiger partial charge in [-0.2, -0.15) is 5.26 Å². The number of rotatable bonds is 3. The van der Waals surface area contributed by atoms with Crippen molar-refractivity contribution in [3.8, 4) is 6.07 Å². The fraction of sp³-hybridized carbons (Fsp3) is 0.0714. The number of nitrogens with zero attached hydrogens (tertiary/aromatic N) is 4. The molecular formula is C14H12N6. The number of fused-ring (bicyclic) bond motifs is 1. The van der Waals surface area contributed by atoms with E-state index in [1.807, 2.05) is 28.8 Å². The Hall–Kier alpha value is -3.07. The monoisotopic (exact) mass is 264 g/mol. The molecular weight excluding hydrogens is 252 g/mol. The molecule has 0 spiro atoms. The molecule has 0 saturated heterocycles. The molecule has 0 aliphatic heterocycles. The van der Waals surface area contributed by atoms with Crippen LogP contribution in [-0.2, 0) is 6.54 Å². The lowest BCUT2D eigenvalue weighted by molar-refractivity contribution is 1.07. The summed E-state index contributed by atoms with van der Waals surface area (Å²) in [6.07, 6.45) is 5.22. The molecule has 0 aliphatic rings. The predicted molar refractivity (Wildman–Crippen MR) is 75.9 cm³/mol. The molecule has 3 aromatic rings. The molecule has 2 aromatic heterocycles. The van der Waals surface area contributed by atoms with Gasteiger partial charge in [0.05, 0.1) is 17.8 Å². The maximum atomic E-state index is 8.88. The normalized spacial score (nSPS) is 10.3. The van der Waals surface area contributed by atoms with Crippen LogP contribution in [0.3, 0.4) is 0 Å². The van der Waals surface area contributed by atoms with Crippen LogP contribution in [0.5, 0.6) is 0 Å². The molecule has 0 radical (unpaired) electrons. The summed E-state index contributed by atoms with van der Waals surface area (Å²) in [5.74, 6) is 1.04. The Labute approximate surface area is 115 Å². The molecule has 2 heterocycles. The van der Waals surface area contributed by atoms with Gasteiger partial charge in [-0.1, -0.05) is 12.1 Å². The molecule has 0 saturated carbocycles. The smallest absolute Gasteiger partial charge is 0.180 e. The number of aromatic nitrogens is 3. The Morgan fingerprint density at radius 2 is 2.30 bits per heavy atom. The van der Waals surface area contributed by atoms with Crippen LogP contribution in [0.2, 0.25) is 0 Å². The minimum absolute atomic E-state index is 0.420. The van der Waals surface area contributed by atoms with Crippen LogP contribution in [0.4, 0.5) is 11.6 Å². The second kappa shape index (κ2) is 4.90. The van der Waals surface area contributed by atoms with E-state index in [1.165, 1.54) is 0 Å². The highest BCUT2D eigenvalue weighted by Crippen LogP contribution is 2.16. The standard InChI is InChI=1S/C14H12N6/c15-7-10-2-1-3-11(6-10)8-18-13-14-17-4-5-20(14)9-12(16)19-13/h1-6,9H,8,16H2,(H,18,19). The Kier molecular flexibility index (Phi) is 2.94. The molecule has 6 nitrogen and oxygen atoms in total. The van der Waals surface area contributed by atoms with Crippen molar-refractivity contribution in [3.05, 3.63) is 54.0 Å². The Balaban J connectivity index is 1.86. The molecule has 3 rings (SSSR count). The van der Waals surface area contributed by atoms with Crippen molar-refractivity contribution >= 4 is 17.3 Å². The zero-order chi connectivity index (χ0) is 13.9. The molecule has 3 N–H and O–H groups in total. The highest BCUT2D eigenvalue weighted by molar-refractivity contribution is 5.64. The third-order valence-electron chi connectivity index (χ3n) is 2.91. The van der Waals surface area contributed by atoms with Gasteiger partial charge in [0.1, 0.15) is 5.82 Å². The molecule has 0 fully saturated rings. The number of nitrogen functional groups attached to an aromatic ring is 1. The van der Waals surface area contributed by atoms with Gasteiger partial charge in [0.25, 0.3) is 0 Å². The number of hydrogen-bond donors (Lipinski definition) is 2. The Morgan fingerprint density at radius 3 is 3.15 bits per heavy atom. The summed E-state index contributed by atoms with van der Waals surface area (Å²) in [4.78, 5) is 8.49. The zero-order valence-corrected chi connectivity index (χ0v) is 10.6. The van der Waals surface area contributed by atoms with Crippen molar-refractivity contribution in [2.45, 2.75) is 6.54 Å². The molecule has 0 aliphatic carbocycles. The van der Waals surface area contributed by atoms with Crippen LogP contribution in [0.1, 0.15) is 11.1 Å². The summed E-state index contributed by atoms with van der Waals surface area (Å²) in [6, 6.07) is 9.53. The molecule has 0 bridgehead atoms. The van der Waals surface area contributed by atoms with Gasteiger partial charge in [0.2, 0.25) is 0 Å². The minimum atomic E-state index is 0.420. The van der Waals surface area contributed by atoms with E-state index in [9.17, 15) is 0 Å². The van der Waals surface area contributed by atoms with E-state index in [-0.39, 0.29) is 0 Å². The number of hydrogen-bond acceptors (Lipinski definition) is 5. The van der Waals surface area contributed by atoms with E-state index >= 15 is 0 Å². The fourth-order valence-corrected chi connectivity index (χ4v) is 2.01. The second-order valence-corrected chi connectivity index (χ2v) is 4.34. The second-order valence-electron chi connectivity index (χ2n) is 4.34. The third kappa shape index (κ3) is 2.24. The SMILES string of the molecule is N#Cc1cccc(CNc2nc(N)cn3ccnc23)c1. The van der Waals surface area contributed by atoms with Crippen LogP contribution < -0.4 is 11.1 Å². The lowest BCUT2D eigenvalue weighted by Gasteiger charge is -2.08. The highest BCUT2D eigenvalue weighted by atomic mass is 15.1. The molecule has 6 heteroatoms.